The van der Waals surface area contributed by atoms with Crippen molar-refractivity contribution in [3.8, 4) is 5.75 Å². The molecule has 0 radical (unpaired) electrons. The van der Waals surface area contributed by atoms with Crippen LogP contribution >= 0.6 is 34.8 Å². The van der Waals surface area contributed by atoms with Gasteiger partial charge < -0.3 is 15.0 Å². The van der Waals surface area contributed by atoms with E-state index < -0.39 is 28.5 Å². The molecular formula is C31H34Cl3N3O5S. The number of anilines is 1. The van der Waals surface area contributed by atoms with E-state index in [1.165, 1.54) is 36.3 Å². The largest absolute Gasteiger partial charge is 0.495 e. The van der Waals surface area contributed by atoms with E-state index in [1.54, 1.807) is 42.5 Å². The molecule has 1 atom stereocenters. The van der Waals surface area contributed by atoms with Crippen LogP contribution in [-0.4, -0.2) is 50.9 Å². The molecule has 4 rings (SSSR count). The Morgan fingerprint density at radius 1 is 0.977 bits per heavy atom. The van der Waals surface area contributed by atoms with Crippen molar-refractivity contribution in [1.82, 2.24) is 10.2 Å². The highest BCUT2D eigenvalue weighted by Crippen LogP contribution is 2.35. The summed E-state index contributed by atoms with van der Waals surface area (Å²) in [6.07, 6.45) is 4.11. The van der Waals surface area contributed by atoms with Gasteiger partial charge in [-0.3, -0.25) is 13.9 Å². The van der Waals surface area contributed by atoms with Gasteiger partial charge >= 0.3 is 0 Å². The minimum absolute atomic E-state index is 0.00176. The van der Waals surface area contributed by atoms with Crippen molar-refractivity contribution in [3.05, 3.63) is 87.4 Å². The Balaban J connectivity index is 1.77. The van der Waals surface area contributed by atoms with E-state index in [0.717, 1.165) is 30.0 Å². The smallest absolute Gasteiger partial charge is 0.264 e. The first kappa shape index (κ1) is 32.9. The lowest BCUT2D eigenvalue weighted by molar-refractivity contribution is -0.140. The Hall–Kier alpha value is -2.98. The lowest BCUT2D eigenvalue weighted by Crippen LogP contribution is -2.53. The topological polar surface area (TPSA) is 96.0 Å². The fraction of sp³-hybridized carbons (Fsp3) is 0.355. The average Bonchev–Trinajstić information content (AvgIpc) is 3.51. The van der Waals surface area contributed by atoms with E-state index in [9.17, 15) is 18.0 Å². The van der Waals surface area contributed by atoms with Crippen LogP contribution in [0, 0.1) is 0 Å². The van der Waals surface area contributed by atoms with Gasteiger partial charge in [-0.05, 0) is 67.3 Å². The van der Waals surface area contributed by atoms with Crippen LogP contribution in [0.4, 0.5) is 5.69 Å². The second-order valence-electron chi connectivity index (χ2n) is 10.3. The maximum atomic E-state index is 14.3. The molecule has 1 aliphatic carbocycles. The van der Waals surface area contributed by atoms with Crippen LogP contribution in [-0.2, 0) is 26.2 Å². The van der Waals surface area contributed by atoms with E-state index in [4.69, 9.17) is 39.5 Å². The molecule has 43 heavy (non-hydrogen) atoms. The van der Waals surface area contributed by atoms with E-state index in [-0.39, 0.29) is 39.8 Å². The van der Waals surface area contributed by atoms with Crippen molar-refractivity contribution in [2.24, 2.45) is 0 Å². The number of sulfonamides is 1. The van der Waals surface area contributed by atoms with Gasteiger partial charge in [-0.25, -0.2) is 8.42 Å². The average molecular weight is 667 g/mol. The molecule has 1 saturated carbocycles. The predicted molar refractivity (Wildman–Crippen MR) is 170 cm³/mol. The molecule has 12 heteroatoms. The van der Waals surface area contributed by atoms with Crippen molar-refractivity contribution >= 4 is 62.3 Å². The van der Waals surface area contributed by atoms with E-state index in [1.807, 2.05) is 6.92 Å². The number of hydrogen-bond acceptors (Lipinski definition) is 5. The number of benzene rings is 3. The van der Waals surface area contributed by atoms with Crippen LogP contribution in [0.5, 0.6) is 5.75 Å². The van der Waals surface area contributed by atoms with Gasteiger partial charge in [0.2, 0.25) is 11.8 Å². The Labute approximate surface area is 267 Å². The molecule has 3 aromatic rings. The molecule has 1 N–H and O–H groups in total. The Bertz CT molecular complexity index is 1550. The number of carbonyl (C=O) groups is 2. The second-order valence-corrected chi connectivity index (χ2v) is 13.4. The number of amides is 2. The van der Waals surface area contributed by atoms with Crippen molar-refractivity contribution in [1.29, 1.82) is 0 Å². The molecule has 0 saturated heterocycles. The highest BCUT2D eigenvalue weighted by molar-refractivity contribution is 7.92. The Morgan fingerprint density at radius 2 is 1.67 bits per heavy atom. The lowest BCUT2D eigenvalue weighted by Gasteiger charge is -2.34. The molecule has 230 valence electrons. The van der Waals surface area contributed by atoms with Crippen LogP contribution in [0.1, 0.15) is 44.6 Å². The molecule has 0 aromatic heterocycles. The predicted octanol–water partition coefficient (Wildman–Crippen LogP) is 6.72. The van der Waals surface area contributed by atoms with Crippen LogP contribution in [0.15, 0.2) is 71.6 Å². The number of halogens is 3. The molecule has 1 aliphatic rings. The van der Waals surface area contributed by atoms with Crippen LogP contribution in [0.25, 0.3) is 0 Å². The summed E-state index contributed by atoms with van der Waals surface area (Å²) < 4.78 is 34.6. The molecular weight excluding hydrogens is 633 g/mol. The van der Waals surface area contributed by atoms with Crippen molar-refractivity contribution in [3.63, 3.8) is 0 Å². The second kappa shape index (κ2) is 14.7. The fourth-order valence-corrected chi connectivity index (χ4v) is 7.14. The van der Waals surface area contributed by atoms with Crippen molar-refractivity contribution in [2.45, 2.75) is 62.6 Å². The zero-order valence-corrected chi connectivity index (χ0v) is 27.0. The number of hydrogen-bond donors (Lipinski definition) is 1. The van der Waals surface area contributed by atoms with Gasteiger partial charge in [-0.2, -0.15) is 0 Å². The van der Waals surface area contributed by atoms with Gasteiger partial charge in [0.1, 0.15) is 18.3 Å². The van der Waals surface area contributed by atoms with Crippen molar-refractivity contribution < 1.29 is 22.7 Å². The highest BCUT2D eigenvalue weighted by atomic mass is 35.5. The quantitative estimate of drug-likeness (QED) is 0.232. The molecule has 2 amide bonds. The van der Waals surface area contributed by atoms with Gasteiger partial charge in [0, 0.05) is 17.6 Å². The molecule has 1 unspecified atom stereocenters. The number of rotatable bonds is 12. The SMILES string of the molecule is CCC(C(=O)NC1CCCC1)N(Cc1ccc(Cl)c(Cl)c1)C(=O)CN(c1cc(Cl)ccc1OC)S(=O)(=O)c1ccccc1. The van der Waals surface area contributed by atoms with Crippen LogP contribution in [0.2, 0.25) is 15.1 Å². The highest BCUT2D eigenvalue weighted by Gasteiger charge is 2.35. The number of methoxy groups -OCH3 is 1. The van der Waals surface area contributed by atoms with E-state index in [0.29, 0.717) is 22.0 Å². The first-order valence-corrected chi connectivity index (χ1v) is 16.6. The van der Waals surface area contributed by atoms with Gasteiger partial charge in [0.05, 0.1) is 27.7 Å². The summed E-state index contributed by atoms with van der Waals surface area (Å²) in [4.78, 5) is 29.3. The molecule has 3 aromatic carbocycles. The van der Waals surface area contributed by atoms with E-state index in [2.05, 4.69) is 5.32 Å². The molecule has 1 fully saturated rings. The number of ether oxygens (including phenoxy) is 1. The van der Waals surface area contributed by atoms with Gasteiger partial charge in [-0.1, -0.05) is 78.8 Å². The van der Waals surface area contributed by atoms with E-state index >= 15 is 0 Å². The first-order chi connectivity index (χ1) is 20.5. The van der Waals surface area contributed by atoms with Crippen LogP contribution in [0.3, 0.4) is 0 Å². The molecule has 0 heterocycles. The lowest BCUT2D eigenvalue weighted by atomic mass is 10.1. The summed E-state index contributed by atoms with van der Waals surface area (Å²) in [6, 6.07) is 16.4. The summed E-state index contributed by atoms with van der Waals surface area (Å²) in [7, 11) is -2.88. The van der Waals surface area contributed by atoms with Crippen molar-refractivity contribution in [2.75, 3.05) is 18.0 Å². The summed E-state index contributed by atoms with van der Waals surface area (Å²) in [6.45, 7) is 1.19. The molecule has 0 spiro atoms. The maximum Gasteiger partial charge on any atom is 0.264 e. The third kappa shape index (κ3) is 7.95. The normalized spacial score (nSPS) is 14.3. The van der Waals surface area contributed by atoms with Crippen LogP contribution < -0.4 is 14.4 Å². The number of carbonyl (C=O) groups excluding carboxylic acids is 2. The fourth-order valence-electron chi connectivity index (χ4n) is 5.21. The number of nitrogens with zero attached hydrogens (tertiary/aromatic N) is 2. The minimum Gasteiger partial charge on any atom is -0.495 e. The Kier molecular flexibility index (Phi) is 11.2. The minimum atomic E-state index is -4.28. The summed E-state index contributed by atoms with van der Waals surface area (Å²) in [5.41, 5.74) is 0.720. The van der Waals surface area contributed by atoms with Gasteiger partial charge in [-0.15, -0.1) is 0 Å². The molecule has 8 nitrogen and oxygen atoms in total. The van der Waals surface area contributed by atoms with Gasteiger partial charge in [0.15, 0.2) is 0 Å². The third-order valence-electron chi connectivity index (χ3n) is 7.44. The zero-order chi connectivity index (χ0) is 31.1. The monoisotopic (exact) mass is 665 g/mol. The summed E-state index contributed by atoms with van der Waals surface area (Å²) in [5.74, 6) is -0.680. The third-order valence-corrected chi connectivity index (χ3v) is 10.2. The Morgan fingerprint density at radius 3 is 2.30 bits per heavy atom. The van der Waals surface area contributed by atoms with Gasteiger partial charge in [0.25, 0.3) is 10.0 Å². The zero-order valence-electron chi connectivity index (χ0n) is 23.9. The number of nitrogens with one attached hydrogen (secondary N) is 1. The summed E-state index contributed by atoms with van der Waals surface area (Å²) >= 11 is 18.7. The molecule has 0 bridgehead atoms. The standard InChI is InChI=1S/C31H34Cl3N3O5S/c1-3-27(31(39)35-23-9-7-8-10-23)36(19-21-13-15-25(33)26(34)17-21)30(38)20-37(28-18-22(32)14-16-29(28)42-2)43(40,41)24-11-5-4-6-12-24/h4-6,11-18,23,27H,3,7-10,19-20H2,1-2H3,(H,35,39). The molecule has 0 aliphatic heterocycles. The first-order valence-electron chi connectivity index (χ1n) is 14.0. The summed E-state index contributed by atoms with van der Waals surface area (Å²) in [5, 5.41) is 3.99. The maximum absolute atomic E-state index is 14.3.